The molecule has 0 atom stereocenters. The molecule has 0 spiro atoms. The van der Waals surface area contributed by atoms with Crippen LogP contribution in [0.3, 0.4) is 0 Å². The fourth-order valence-corrected chi connectivity index (χ4v) is 3.08. The number of anilines is 1. The number of ether oxygens (including phenoxy) is 3. The highest BCUT2D eigenvalue weighted by atomic mass is 16.5. The maximum atomic E-state index is 12.4. The van der Waals surface area contributed by atoms with E-state index < -0.39 is 5.91 Å². The van der Waals surface area contributed by atoms with Crippen molar-refractivity contribution in [2.75, 3.05) is 25.6 Å². The molecule has 0 aliphatic rings. The lowest BCUT2D eigenvalue weighted by atomic mass is 10.1. The second-order valence-corrected chi connectivity index (χ2v) is 7.32. The highest BCUT2D eigenvalue weighted by molar-refractivity contribution is 6.09. The lowest BCUT2D eigenvalue weighted by Crippen LogP contribution is -2.13. The topological polar surface area (TPSA) is 107 Å². The molecule has 0 fully saturated rings. The number of carbonyl (C=O) groups is 1. The minimum Gasteiger partial charge on any atom is -0.493 e. The van der Waals surface area contributed by atoms with Gasteiger partial charge in [-0.1, -0.05) is 28.9 Å². The Morgan fingerprint density at radius 2 is 1.79 bits per heavy atom. The molecule has 0 radical (unpaired) electrons. The number of carbonyl (C=O) groups excluding carboxylic acids is 1. The van der Waals surface area contributed by atoms with Gasteiger partial charge in [0.05, 0.1) is 7.11 Å². The highest BCUT2D eigenvalue weighted by Crippen LogP contribution is 2.29. The molecule has 0 aliphatic carbocycles. The molecule has 0 saturated carbocycles. The first-order chi connectivity index (χ1) is 15.9. The largest absolute Gasteiger partial charge is 0.493 e. The summed E-state index contributed by atoms with van der Waals surface area (Å²) in [6.07, 6.45) is 1.46. The lowest BCUT2D eigenvalue weighted by molar-refractivity contribution is -0.112. The van der Waals surface area contributed by atoms with E-state index in [0.29, 0.717) is 36.0 Å². The van der Waals surface area contributed by atoms with Crippen LogP contribution in [0.15, 0.2) is 52.6 Å². The SMILES string of the molecule is COc1cc(/C=C(/C#N)C(=O)Nc2cc(C)on2)ccc1OCCOc1ccc(C)cc1C. The number of methoxy groups -OCH3 is 1. The van der Waals surface area contributed by atoms with Crippen molar-refractivity contribution in [2.45, 2.75) is 20.8 Å². The molecule has 1 amide bonds. The summed E-state index contributed by atoms with van der Waals surface area (Å²) in [5.74, 6) is 2.02. The van der Waals surface area contributed by atoms with Crippen LogP contribution in [0.2, 0.25) is 0 Å². The molecule has 1 aromatic heterocycles. The lowest BCUT2D eigenvalue weighted by Gasteiger charge is -2.13. The van der Waals surface area contributed by atoms with Crippen molar-refractivity contribution in [3.63, 3.8) is 0 Å². The van der Waals surface area contributed by atoms with E-state index in [1.165, 1.54) is 18.7 Å². The van der Waals surface area contributed by atoms with Crippen LogP contribution in [0.4, 0.5) is 5.82 Å². The second-order valence-electron chi connectivity index (χ2n) is 7.32. The van der Waals surface area contributed by atoms with Crippen LogP contribution in [-0.2, 0) is 4.79 Å². The van der Waals surface area contributed by atoms with E-state index in [1.54, 1.807) is 31.2 Å². The fourth-order valence-electron chi connectivity index (χ4n) is 3.08. The Balaban J connectivity index is 1.63. The zero-order valence-corrected chi connectivity index (χ0v) is 19.0. The summed E-state index contributed by atoms with van der Waals surface area (Å²) in [6, 6.07) is 14.6. The number of rotatable bonds is 9. The summed E-state index contributed by atoms with van der Waals surface area (Å²) in [6.45, 7) is 6.43. The van der Waals surface area contributed by atoms with Crippen molar-refractivity contribution in [3.8, 4) is 23.3 Å². The van der Waals surface area contributed by atoms with Gasteiger partial charge < -0.3 is 24.1 Å². The number of hydrogen-bond acceptors (Lipinski definition) is 7. The molecule has 8 heteroatoms. The van der Waals surface area contributed by atoms with Crippen molar-refractivity contribution < 1.29 is 23.5 Å². The first-order valence-corrected chi connectivity index (χ1v) is 10.3. The molecular formula is C25H25N3O5. The van der Waals surface area contributed by atoms with Crippen molar-refractivity contribution in [2.24, 2.45) is 0 Å². The van der Waals surface area contributed by atoms with E-state index in [1.807, 2.05) is 32.0 Å². The van der Waals surface area contributed by atoms with Gasteiger partial charge in [0.15, 0.2) is 17.3 Å². The molecule has 170 valence electrons. The normalized spacial score (nSPS) is 10.9. The first kappa shape index (κ1) is 23.4. The number of nitrogens with zero attached hydrogens (tertiary/aromatic N) is 2. The summed E-state index contributed by atoms with van der Waals surface area (Å²) in [5, 5.41) is 15.6. The number of aryl methyl sites for hydroxylation is 3. The van der Waals surface area contributed by atoms with E-state index in [2.05, 4.69) is 16.5 Å². The van der Waals surface area contributed by atoms with Crippen LogP contribution < -0.4 is 19.5 Å². The maximum Gasteiger partial charge on any atom is 0.267 e. The Morgan fingerprint density at radius 1 is 1.06 bits per heavy atom. The zero-order chi connectivity index (χ0) is 23.8. The smallest absolute Gasteiger partial charge is 0.267 e. The highest BCUT2D eigenvalue weighted by Gasteiger charge is 2.13. The molecule has 1 N–H and O–H groups in total. The van der Waals surface area contributed by atoms with Crippen molar-refractivity contribution in [3.05, 3.63) is 70.5 Å². The molecule has 3 rings (SSSR count). The summed E-state index contributed by atoms with van der Waals surface area (Å²) < 4.78 is 21.9. The number of nitriles is 1. The fraction of sp³-hybridized carbons (Fsp3) is 0.240. The van der Waals surface area contributed by atoms with Gasteiger partial charge in [-0.15, -0.1) is 0 Å². The summed E-state index contributed by atoms with van der Waals surface area (Å²) in [4.78, 5) is 12.4. The van der Waals surface area contributed by atoms with Crippen molar-refractivity contribution >= 4 is 17.8 Å². The van der Waals surface area contributed by atoms with Crippen LogP contribution in [0.5, 0.6) is 17.2 Å². The molecule has 8 nitrogen and oxygen atoms in total. The average Bonchev–Trinajstić information content (AvgIpc) is 3.20. The zero-order valence-electron chi connectivity index (χ0n) is 19.0. The summed E-state index contributed by atoms with van der Waals surface area (Å²) >= 11 is 0. The predicted octanol–water partition coefficient (Wildman–Crippen LogP) is 4.61. The Bertz CT molecular complexity index is 1210. The molecule has 0 aliphatic heterocycles. The van der Waals surface area contributed by atoms with Gasteiger partial charge >= 0.3 is 0 Å². The Hall–Kier alpha value is -4.25. The number of hydrogen-bond donors (Lipinski definition) is 1. The van der Waals surface area contributed by atoms with E-state index in [-0.39, 0.29) is 11.4 Å². The number of amides is 1. The third-order valence-electron chi connectivity index (χ3n) is 4.66. The van der Waals surface area contributed by atoms with Gasteiger partial charge in [-0.05, 0) is 56.2 Å². The van der Waals surface area contributed by atoms with E-state index >= 15 is 0 Å². The Kier molecular flexibility index (Phi) is 7.71. The minimum atomic E-state index is -0.589. The van der Waals surface area contributed by atoms with Gasteiger partial charge in [-0.25, -0.2) is 0 Å². The van der Waals surface area contributed by atoms with Crippen molar-refractivity contribution in [1.82, 2.24) is 5.16 Å². The van der Waals surface area contributed by atoms with E-state index in [9.17, 15) is 10.1 Å². The van der Waals surface area contributed by atoms with E-state index in [0.717, 1.165) is 11.3 Å². The predicted molar refractivity (Wildman–Crippen MR) is 123 cm³/mol. The standard InChI is InChI=1S/C25H25N3O5/c1-16-5-7-21(17(2)11-16)31-9-10-32-22-8-6-19(14-23(22)30-4)13-20(15-26)25(29)27-24-12-18(3)33-28-24/h5-8,11-14H,9-10H2,1-4H3,(H,27,28,29)/b20-13-. The number of aromatic nitrogens is 1. The summed E-state index contributed by atoms with van der Waals surface area (Å²) in [5.41, 5.74) is 2.77. The molecule has 2 aromatic carbocycles. The van der Waals surface area contributed by atoms with Gasteiger partial charge in [0.25, 0.3) is 5.91 Å². The first-order valence-electron chi connectivity index (χ1n) is 10.3. The van der Waals surface area contributed by atoms with Crippen LogP contribution >= 0.6 is 0 Å². The molecule has 33 heavy (non-hydrogen) atoms. The third kappa shape index (κ3) is 6.37. The quantitative estimate of drug-likeness (QED) is 0.290. The minimum absolute atomic E-state index is 0.0896. The number of benzene rings is 2. The number of nitrogens with one attached hydrogen (secondary N) is 1. The monoisotopic (exact) mass is 447 g/mol. The summed E-state index contributed by atoms with van der Waals surface area (Å²) in [7, 11) is 1.52. The van der Waals surface area contributed by atoms with Crippen LogP contribution in [0.25, 0.3) is 6.08 Å². The van der Waals surface area contributed by atoms with Crippen molar-refractivity contribution in [1.29, 1.82) is 5.26 Å². The molecule has 3 aromatic rings. The van der Waals surface area contributed by atoms with Gasteiger partial charge in [0.1, 0.15) is 36.4 Å². The second kappa shape index (κ2) is 10.9. The molecule has 0 unspecified atom stereocenters. The van der Waals surface area contributed by atoms with E-state index in [4.69, 9.17) is 18.7 Å². The average molecular weight is 447 g/mol. The maximum absolute atomic E-state index is 12.4. The Labute approximate surface area is 192 Å². The molecular weight excluding hydrogens is 422 g/mol. The van der Waals surface area contributed by atoms with Gasteiger partial charge in [0, 0.05) is 6.07 Å². The van der Waals surface area contributed by atoms with Gasteiger partial charge in [-0.2, -0.15) is 5.26 Å². The van der Waals surface area contributed by atoms with Crippen LogP contribution in [0.1, 0.15) is 22.5 Å². The van der Waals surface area contributed by atoms with Crippen LogP contribution in [-0.4, -0.2) is 31.4 Å². The van der Waals surface area contributed by atoms with Gasteiger partial charge in [-0.3, -0.25) is 4.79 Å². The molecule has 1 heterocycles. The third-order valence-corrected chi connectivity index (χ3v) is 4.66. The van der Waals surface area contributed by atoms with Crippen LogP contribution in [0, 0.1) is 32.1 Å². The Morgan fingerprint density at radius 3 is 2.42 bits per heavy atom. The molecule has 0 saturated heterocycles. The van der Waals surface area contributed by atoms with Gasteiger partial charge in [0.2, 0.25) is 0 Å². The molecule has 0 bridgehead atoms.